The molecule has 2 N–H and O–H groups in total. The highest BCUT2D eigenvalue weighted by Gasteiger charge is 2.45. The molecule has 0 aromatic heterocycles. The predicted octanol–water partition coefficient (Wildman–Crippen LogP) is 3.38. The molecule has 0 amide bonds. The van der Waals surface area contributed by atoms with Crippen LogP contribution >= 0.6 is 15.9 Å². The number of nitriles is 1. The summed E-state index contributed by atoms with van der Waals surface area (Å²) in [6, 6.07) is 7.25. The number of nitrogens with zero attached hydrogens (tertiary/aromatic N) is 1. The zero-order valence-corrected chi connectivity index (χ0v) is 12.2. The predicted molar refractivity (Wildman–Crippen MR) is 75.9 cm³/mol. The van der Waals surface area contributed by atoms with Crippen LogP contribution in [0.4, 0.5) is 5.69 Å². The van der Waals surface area contributed by atoms with Crippen LogP contribution in [0.25, 0.3) is 0 Å². The second kappa shape index (κ2) is 5.22. The van der Waals surface area contributed by atoms with Crippen molar-refractivity contribution >= 4 is 27.6 Å². The quantitative estimate of drug-likeness (QED) is 0.894. The Labute approximate surface area is 120 Å². The fourth-order valence-corrected chi connectivity index (χ4v) is 3.04. The topological polar surface area (TPSA) is 73.1 Å². The van der Waals surface area contributed by atoms with E-state index in [1.165, 1.54) is 0 Å². The van der Waals surface area contributed by atoms with Crippen molar-refractivity contribution in [2.75, 3.05) is 5.32 Å². The largest absolute Gasteiger partial charge is 0.481 e. The van der Waals surface area contributed by atoms with Crippen molar-refractivity contribution < 1.29 is 9.90 Å². The molecule has 4 nitrogen and oxygen atoms in total. The molecule has 19 heavy (non-hydrogen) atoms. The molecule has 1 aliphatic rings. The number of halogens is 1. The van der Waals surface area contributed by atoms with Crippen molar-refractivity contribution in [3.05, 3.63) is 28.2 Å². The summed E-state index contributed by atoms with van der Waals surface area (Å²) in [5.41, 5.74) is 0.677. The third-order valence-electron chi connectivity index (χ3n) is 3.87. The van der Waals surface area contributed by atoms with Gasteiger partial charge in [0.05, 0.1) is 17.0 Å². The first-order chi connectivity index (χ1) is 8.97. The number of aliphatic carboxylic acids is 1. The van der Waals surface area contributed by atoms with Crippen LogP contribution in [0.5, 0.6) is 0 Å². The molecule has 2 rings (SSSR count). The lowest BCUT2D eigenvalue weighted by molar-refractivity contribution is -0.147. The summed E-state index contributed by atoms with van der Waals surface area (Å²) < 4.78 is 0.784. The van der Waals surface area contributed by atoms with Gasteiger partial charge in [0.1, 0.15) is 0 Å². The number of carbonyl (C=O) groups is 1. The van der Waals surface area contributed by atoms with Gasteiger partial charge in [-0.05, 0) is 53.9 Å². The highest BCUT2D eigenvalue weighted by atomic mass is 79.9. The second-order valence-corrected chi connectivity index (χ2v) is 5.97. The number of benzene rings is 1. The molecular weight excluding hydrogens is 308 g/mol. The minimum atomic E-state index is -0.757. The molecule has 5 heteroatoms. The average Bonchev–Trinajstić information content (AvgIpc) is 2.75. The fraction of sp³-hybridized carbons (Fsp3) is 0.429. The lowest BCUT2D eigenvalue weighted by Crippen LogP contribution is -2.40. The van der Waals surface area contributed by atoms with E-state index in [0.29, 0.717) is 12.0 Å². The molecule has 1 aromatic rings. The smallest absolute Gasteiger partial charge is 0.311 e. The molecule has 1 aliphatic carbocycles. The Hall–Kier alpha value is -1.54. The monoisotopic (exact) mass is 322 g/mol. The van der Waals surface area contributed by atoms with Crippen LogP contribution in [-0.4, -0.2) is 17.1 Å². The maximum atomic E-state index is 11.4. The van der Waals surface area contributed by atoms with Gasteiger partial charge in [-0.25, -0.2) is 0 Å². The molecule has 0 spiro atoms. The highest BCUT2D eigenvalue weighted by Crippen LogP contribution is 2.40. The molecule has 1 fully saturated rings. The van der Waals surface area contributed by atoms with Crippen molar-refractivity contribution in [1.29, 1.82) is 5.26 Å². The van der Waals surface area contributed by atoms with Crippen LogP contribution in [0.3, 0.4) is 0 Å². The molecule has 0 aliphatic heterocycles. The average molecular weight is 323 g/mol. The lowest BCUT2D eigenvalue weighted by Gasteiger charge is -2.29. The zero-order valence-electron chi connectivity index (χ0n) is 10.6. The molecule has 2 atom stereocenters. The van der Waals surface area contributed by atoms with Gasteiger partial charge in [-0.1, -0.05) is 6.42 Å². The van der Waals surface area contributed by atoms with E-state index >= 15 is 0 Å². The first-order valence-electron chi connectivity index (χ1n) is 6.17. The van der Waals surface area contributed by atoms with Crippen molar-refractivity contribution in [3.63, 3.8) is 0 Å². The molecular formula is C14H15BrN2O2. The molecule has 0 saturated heterocycles. The number of nitrogens with one attached hydrogen (secondary N) is 1. The van der Waals surface area contributed by atoms with E-state index in [9.17, 15) is 9.90 Å². The third-order valence-corrected chi connectivity index (χ3v) is 4.53. The maximum absolute atomic E-state index is 11.4. The molecule has 1 aromatic carbocycles. The van der Waals surface area contributed by atoms with Crippen LogP contribution in [0.15, 0.2) is 22.7 Å². The van der Waals surface area contributed by atoms with E-state index < -0.39 is 11.4 Å². The molecule has 100 valence electrons. The number of hydrogen-bond acceptors (Lipinski definition) is 3. The van der Waals surface area contributed by atoms with Gasteiger partial charge in [-0.15, -0.1) is 0 Å². The Bertz CT molecular complexity index is 553. The summed E-state index contributed by atoms with van der Waals surface area (Å²) in [6.07, 6.45) is 2.44. The van der Waals surface area contributed by atoms with Crippen LogP contribution < -0.4 is 5.32 Å². The standard InChI is InChI=1S/C14H15BrN2O2/c1-14(13(18)19)6-2-3-12(14)17-11-5-4-9(8-16)7-10(11)15/h4-5,7,12,17H,2-3,6H2,1H3,(H,18,19). The molecule has 0 heterocycles. The van der Waals surface area contributed by atoms with Crippen LogP contribution in [0.1, 0.15) is 31.7 Å². The van der Waals surface area contributed by atoms with E-state index in [0.717, 1.165) is 23.0 Å². The second-order valence-electron chi connectivity index (χ2n) is 5.12. The van der Waals surface area contributed by atoms with Crippen molar-refractivity contribution in [2.45, 2.75) is 32.2 Å². The van der Waals surface area contributed by atoms with Gasteiger partial charge in [0.25, 0.3) is 0 Å². The Morgan fingerprint density at radius 2 is 2.37 bits per heavy atom. The molecule has 2 unspecified atom stereocenters. The minimum Gasteiger partial charge on any atom is -0.481 e. The molecule has 0 bridgehead atoms. The summed E-state index contributed by atoms with van der Waals surface area (Å²) in [4.78, 5) is 11.4. The van der Waals surface area contributed by atoms with E-state index in [1.807, 2.05) is 6.07 Å². The minimum absolute atomic E-state index is 0.0887. The Balaban J connectivity index is 2.22. The van der Waals surface area contributed by atoms with Gasteiger partial charge in [-0.3, -0.25) is 4.79 Å². The van der Waals surface area contributed by atoms with Gasteiger partial charge in [-0.2, -0.15) is 5.26 Å². The highest BCUT2D eigenvalue weighted by molar-refractivity contribution is 9.10. The third kappa shape index (κ3) is 2.59. The van der Waals surface area contributed by atoms with Gasteiger partial charge in [0, 0.05) is 16.2 Å². The fourth-order valence-electron chi connectivity index (χ4n) is 2.54. The number of anilines is 1. The first-order valence-corrected chi connectivity index (χ1v) is 6.96. The Morgan fingerprint density at radius 1 is 1.63 bits per heavy atom. The number of carboxylic acid groups (broad SMARTS) is 1. The molecule has 1 saturated carbocycles. The lowest BCUT2D eigenvalue weighted by atomic mass is 9.85. The summed E-state index contributed by atoms with van der Waals surface area (Å²) in [5, 5.41) is 21.5. The zero-order chi connectivity index (χ0) is 14.0. The van der Waals surface area contributed by atoms with Crippen LogP contribution in [-0.2, 0) is 4.79 Å². The Kier molecular flexibility index (Phi) is 3.81. The van der Waals surface area contributed by atoms with Gasteiger partial charge < -0.3 is 10.4 Å². The van der Waals surface area contributed by atoms with Gasteiger partial charge >= 0.3 is 5.97 Å². The summed E-state index contributed by atoms with van der Waals surface area (Å²) in [7, 11) is 0. The van der Waals surface area contributed by atoms with E-state index in [1.54, 1.807) is 19.1 Å². The van der Waals surface area contributed by atoms with Crippen LogP contribution in [0.2, 0.25) is 0 Å². The van der Waals surface area contributed by atoms with Crippen molar-refractivity contribution in [1.82, 2.24) is 0 Å². The number of hydrogen-bond donors (Lipinski definition) is 2. The maximum Gasteiger partial charge on any atom is 0.311 e. The normalized spacial score (nSPS) is 25.8. The van der Waals surface area contributed by atoms with Crippen molar-refractivity contribution in [2.24, 2.45) is 5.41 Å². The SMILES string of the molecule is CC1(C(=O)O)CCCC1Nc1ccc(C#N)cc1Br. The van der Waals surface area contributed by atoms with Crippen LogP contribution in [0, 0.1) is 16.7 Å². The number of rotatable bonds is 3. The van der Waals surface area contributed by atoms with E-state index in [2.05, 4.69) is 27.3 Å². The molecule has 0 radical (unpaired) electrons. The summed E-state index contributed by atoms with van der Waals surface area (Å²) in [6.45, 7) is 1.79. The summed E-state index contributed by atoms with van der Waals surface area (Å²) in [5.74, 6) is -0.757. The first kappa shape index (κ1) is 13.9. The van der Waals surface area contributed by atoms with E-state index in [4.69, 9.17) is 5.26 Å². The number of carboxylic acids is 1. The van der Waals surface area contributed by atoms with E-state index in [-0.39, 0.29) is 6.04 Å². The Morgan fingerprint density at radius 3 is 2.95 bits per heavy atom. The van der Waals surface area contributed by atoms with Gasteiger partial charge in [0.15, 0.2) is 0 Å². The van der Waals surface area contributed by atoms with Gasteiger partial charge in [0.2, 0.25) is 0 Å². The summed E-state index contributed by atoms with van der Waals surface area (Å²) >= 11 is 3.41. The van der Waals surface area contributed by atoms with Crippen molar-refractivity contribution in [3.8, 4) is 6.07 Å².